The Balaban J connectivity index is 1.81. The van der Waals surface area contributed by atoms with Gasteiger partial charge in [-0.25, -0.2) is 8.42 Å². The molecule has 0 radical (unpaired) electrons. The van der Waals surface area contributed by atoms with Gasteiger partial charge in [-0.3, -0.25) is 9.10 Å². The Morgan fingerprint density at radius 3 is 2.22 bits per heavy atom. The quantitative estimate of drug-likeness (QED) is 0.915. The molecule has 1 fully saturated rings. The summed E-state index contributed by atoms with van der Waals surface area (Å²) in [7, 11) is -2.13. The molecule has 2 aromatic rings. The Labute approximate surface area is 136 Å². The van der Waals surface area contributed by atoms with Crippen molar-refractivity contribution in [1.29, 1.82) is 0 Å². The molecule has 1 aliphatic carbocycles. The van der Waals surface area contributed by atoms with E-state index in [0.29, 0.717) is 11.3 Å². The van der Waals surface area contributed by atoms with E-state index in [-0.39, 0.29) is 16.8 Å². The molecule has 120 valence electrons. The fourth-order valence-corrected chi connectivity index (χ4v) is 3.40. The second-order valence-corrected chi connectivity index (χ2v) is 7.55. The fraction of sp³-hybridized carbons (Fsp3) is 0.235. The number of hydrogen-bond acceptors (Lipinski definition) is 3. The minimum absolute atomic E-state index is 0.159. The molecule has 23 heavy (non-hydrogen) atoms. The Morgan fingerprint density at radius 1 is 1.04 bits per heavy atom. The van der Waals surface area contributed by atoms with E-state index in [1.54, 1.807) is 36.4 Å². The van der Waals surface area contributed by atoms with Crippen LogP contribution in [0.3, 0.4) is 0 Å². The maximum atomic E-state index is 12.6. The molecule has 0 atom stereocenters. The van der Waals surface area contributed by atoms with Crippen molar-refractivity contribution >= 4 is 21.6 Å². The Kier molecular flexibility index (Phi) is 4.09. The van der Waals surface area contributed by atoms with Crippen molar-refractivity contribution in [2.45, 2.75) is 23.8 Å². The lowest BCUT2D eigenvalue weighted by atomic mass is 10.2. The number of carbonyl (C=O) groups is 1. The predicted octanol–water partition coefficient (Wildman–Crippen LogP) is 2.40. The summed E-state index contributed by atoms with van der Waals surface area (Å²) in [5.74, 6) is -0.159. The van der Waals surface area contributed by atoms with E-state index in [1.165, 1.54) is 23.5 Å². The number of amides is 1. The Hall–Kier alpha value is -2.34. The third-order valence-electron chi connectivity index (χ3n) is 3.81. The van der Waals surface area contributed by atoms with Gasteiger partial charge in [0.15, 0.2) is 0 Å². The summed E-state index contributed by atoms with van der Waals surface area (Å²) >= 11 is 0. The van der Waals surface area contributed by atoms with Crippen LogP contribution < -0.4 is 9.62 Å². The molecule has 0 unspecified atom stereocenters. The topological polar surface area (TPSA) is 66.5 Å². The fourth-order valence-electron chi connectivity index (χ4n) is 2.21. The van der Waals surface area contributed by atoms with Gasteiger partial charge in [-0.2, -0.15) is 0 Å². The van der Waals surface area contributed by atoms with Crippen LogP contribution in [0.1, 0.15) is 23.2 Å². The number of carbonyl (C=O) groups excluding carboxylic acids is 1. The third kappa shape index (κ3) is 3.37. The van der Waals surface area contributed by atoms with Crippen molar-refractivity contribution in [3.05, 3.63) is 60.2 Å². The number of rotatable bonds is 5. The van der Waals surface area contributed by atoms with Crippen LogP contribution >= 0.6 is 0 Å². The zero-order valence-corrected chi connectivity index (χ0v) is 13.6. The highest BCUT2D eigenvalue weighted by molar-refractivity contribution is 7.92. The highest BCUT2D eigenvalue weighted by Crippen LogP contribution is 2.22. The second-order valence-electron chi connectivity index (χ2n) is 5.58. The molecule has 5 nitrogen and oxygen atoms in total. The van der Waals surface area contributed by atoms with Crippen LogP contribution in [0.4, 0.5) is 5.69 Å². The summed E-state index contributed by atoms with van der Waals surface area (Å²) in [5, 5.41) is 2.88. The standard InChI is InChI=1S/C17H18N2O3S/c1-19(15-5-3-2-4-6-15)23(21,22)16-11-7-13(8-12-16)17(20)18-14-9-10-14/h2-8,11-12,14H,9-10H2,1H3,(H,18,20). The minimum Gasteiger partial charge on any atom is -0.349 e. The molecule has 1 saturated carbocycles. The molecule has 0 aliphatic heterocycles. The van der Waals surface area contributed by atoms with Crippen LogP contribution in [-0.2, 0) is 10.0 Å². The zero-order chi connectivity index (χ0) is 16.4. The normalized spacial score (nSPS) is 14.3. The van der Waals surface area contributed by atoms with E-state index < -0.39 is 10.0 Å². The number of benzene rings is 2. The lowest BCUT2D eigenvalue weighted by molar-refractivity contribution is 0.0951. The third-order valence-corrected chi connectivity index (χ3v) is 5.61. The average Bonchev–Trinajstić information content (AvgIpc) is 3.39. The Morgan fingerprint density at radius 2 is 1.65 bits per heavy atom. The molecule has 0 bridgehead atoms. The number of sulfonamides is 1. The first kappa shape index (κ1) is 15.6. The van der Waals surface area contributed by atoms with Gasteiger partial charge in [0.2, 0.25) is 0 Å². The van der Waals surface area contributed by atoms with Gasteiger partial charge in [0.05, 0.1) is 10.6 Å². The zero-order valence-electron chi connectivity index (χ0n) is 12.8. The molecule has 6 heteroatoms. The molecule has 1 N–H and O–H groups in total. The van der Waals surface area contributed by atoms with Crippen LogP contribution in [0, 0.1) is 0 Å². The molecule has 1 aliphatic rings. The monoisotopic (exact) mass is 330 g/mol. The van der Waals surface area contributed by atoms with Gasteiger partial charge in [0.25, 0.3) is 15.9 Å². The number of nitrogens with zero attached hydrogens (tertiary/aromatic N) is 1. The largest absolute Gasteiger partial charge is 0.349 e. The van der Waals surface area contributed by atoms with Crippen molar-refractivity contribution in [2.75, 3.05) is 11.4 Å². The number of para-hydroxylation sites is 1. The number of anilines is 1. The van der Waals surface area contributed by atoms with Crippen LogP contribution in [0.15, 0.2) is 59.5 Å². The van der Waals surface area contributed by atoms with Gasteiger partial charge >= 0.3 is 0 Å². The molecular weight excluding hydrogens is 312 g/mol. The van der Waals surface area contributed by atoms with Crippen LogP contribution in [-0.4, -0.2) is 27.4 Å². The molecule has 1 amide bonds. The summed E-state index contributed by atoms with van der Waals surface area (Å²) < 4.78 is 26.5. The first-order chi connectivity index (χ1) is 11.0. The molecule has 0 spiro atoms. The summed E-state index contributed by atoms with van der Waals surface area (Å²) in [6, 6.07) is 15.2. The first-order valence-corrected chi connectivity index (χ1v) is 8.87. The van der Waals surface area contributed by atoms with Crippen molar-refractivity contribution in [3.63, 3.8) is 0 Å². The van der Waals surface area contributed by atoms with Crippen molar-refractivity contribution in [3.8, 4) is 0 Å². The smallest absolute Gasteiger partial charge is 0.264 e. The van der Waals surface area contributed by atoms with Gasteiger partial charge in [-0.05, 0) is 49.2 Å². The lowest BCUT2D eigenvalue weighted by Crippen LogP contribution is -2.27. The van der Waals surface area contributed by atoms with Gasteiger partial charge in [-0.15, -0.1) is 0 Å². The summed E-state index contributed by atoms with van der Waals surface area (Å²) in [4.78, 5) is 12.1. The predicted molar refractivity (Wildman–Crippen MR) is 89.0 cm³/mol. The second kappa shape index (κ2) is 6.04. The molecule has 0 saturated heterocycles. The van der Waals surface area contributed by atoms with Crippen molar-refractivity contribution < 1.29 is 13.2 Å². The maximum Gasteiger partial charge on any atom is 0.264 e. The van der Waals surface area contributed by atoms with Crippen LogP contribution in [0.25, 0.3) is 0 Å². The van der Waals surface area contributed by atoms with Crippen LogP contribution in [0.5, 0.6) is 0 Å². The van der Waals surface area contributed by atoms with E-state index >= 15 is 0 Å². The maximum absolute atomic E-state index is 12.6. The molecule has 3 rings (SSSR count). The highest BCUT2D eigenvalue weighted by atomic mass is 32.2. The molecule has 0 aromatic heterocycles. The molecule has 0 heterocycles. The van der Waals surface area contributed by atoms with E-state index in [0.717, 1.165) is 12.8 Å². The summed E-state index contributed by atoms with van der Waals surface area (Å²) in [5.41, 5.74) is 1.06. The van der Waals surface area contributed by atoms with E-state index in [2.05, 4.69) is 5.32 Å². The molecule has 2 aromatic carbocycles. The van der Waals surface area contributed by atoms with E-state index in [4.69, 9.17) is 0 Å². The van der Waals surface area contributed by atoms with Gasteiger partial charge in [0.1, 0.15) is 0 Å². The number of hydrogen-bond donors (Lipinski definition) is 1. The first-order valence-electron chi connectivity index (χ1n) is 7.43. The lowest BCUT2D eigenvalue weighted by Gasteiger charge is -2.19. The number of nitrogens with one attached hydrogen (secondary N) is 1. The van der Waals surface area contributed by atoms with E-state index in [1.807, 2.05) is 6.07 Å². The Bertz CT molecular complexity index is 797. The van der Waals surface area contributed by atoms with Gasteiger partial charge < -0.3 is 5.32 Å². The summed E-state index contributed by atoms with van der Waals surface area (Å²) in [6.07, 6.45) is 2.03. The van der Waals surface area contributed by atoms with Gasteiger partial charge in [0, 0.05) is 18.7 Å². The SMILES string of the molecule is CN(c1ccccc1)S(=O)(=O)c1ccc(C(=O)NC2CC2)cc1. The van der Waals surface area contributed by atoms with Crippen molar-refractivity contribution in [2.24, 2.45) is 0 Å². The molecular formula is C17H18N2O3S. The van der Waals surface area contributed by atoms with Crippen molar-refractivity contribution in [1.82, 2.24) is 5.32 Å². The van der Waals surface area contributed by atoms with E-state index in [9.17, 15) is 13.2 Å². The highest BCUT2D eigenvalue weighted by Gasteiger charge is 2.25. The minimum atomic E-state index is -3.64. The average molecular weight is 330 g/mol. The van der Waals surface area contributed by atoms with Crippen LogP contribution in [0.2, 0.25) is 0 Å². The van der Waals surface area contributed by atoms with Gasteiger partial charge in [-0.1, -0.05) is 18.2 Å². The summed E-state index contributed by atoms with van der Waals surface area (Å²) in [6.45, 7) is 0.